The molecule has 40 heavy (non-hydrogen) atoms. The largest absolute Gasteiger partial charge is 0.497 e. The molecule has 1 atom stereocenters. The van der Waals surface area contributed by atoms with Crippen LogP contribution in [0, 0.1) is 13.8 Å². The van der Waals surface area contributed by atoms with Gasteiger partial charge in [0, 0.05) is 19.7 Å². The van der Waals surface area contributed by atoms with Gasteiger partial charge in [0.05, 0.1) is 24.8 Å². The predicted molar refractivity (Wildman–Crippen MR) is 155 cm³/mol. The van der Waals surface area contributed by atoms with Crippen molar-refractivity contribution in [2.75, 3.05) is 32.1 Å². The zero-order chi connectivity index (χ0) is 29.4. The van der Waals surface area contributed by atoms with Crippen LogP contribution >= 0.6 is 0 Å². The van der Waals surface area contributed by atoms with Gasteiger partial charge in [0.25, 0.3) is 10.0 Å². The van der Waals surface area contributed by atoms with Crippen LogP contribution in [-0.4, -0.2) is 59.0 Å². The molecule has 0 fully saturated rings. The molecular weight excluding hydrogens is 530 g/mol. The second kappa shape index (κ2) is 13.3. The molecule has 0 bridgehead atoms. The Morgan fingerprint density at radius 3 is 2.02 bits per heavy atom. The van der Waals surface area contributed by atoms with Crippen molar-refractivity contribution in [1.82, 2.24) is 10.2 Å². The Bertz CT molecular complexity index is 1420. The van der Waals surface area contributed by atoms with E-state index >= 15 is 0 Å². The van der Waals surface area contributed by atoms with Gasteiger partial charge >= 0.3 is 0 Å². The van der Waals surface area contributed by atoms with Crippen molar-refractivity contribution < 1.29 is 27.5 Å². The first-order chi connectivity index (χ1) is 19.0. The molecule has 0 radical (unpaired) electrons. The molecule has 9 nitrogen and oxygen atoms in total. The molecule has 1 N–H and O–H groups in total. The number of rotatable bonds is 12. The highest BCUT2D eigenvalue weighted by Gasteiger charge is 2.34. The summed E-state index contributed by atoms with van der Waals surface area (Å²) in [6.45, 7) is 5.18. The molecule has 0 saturated heterocycles. The van der Waals surface area contributed by atoms with Gasteiger partial charge in [-0.3, -0.25) is 13.9 Å². The Hall–Kier alpha value is -4.05. The molecule has 10 heteroatoms. The van der Waals surface area contributed by atoms with Gasteiger partial charge in [-0.1, -0.05) is 54.4 Å². The van der Waals surface area contributed by atoms with Crippen LogP contribution in [0.3, 0.4) is 0 Å². The summed E-state index contributed by atoms with van der Waals surface area (Å²) in [5.41, 5.74) is 2.90. The summed E-state index contributed by atoms with van der Waals surface area (Å²) in [5.74, 6) is -0.250. The molecule has 3 aromatic rings. The molecular formula is C30H37N3O6S. The maximum Gasteiger partial charge on any atom is 0.264 e. The van der Waals surface area contributed by atoms with Crippen molar-refractivity contribution in [2.24, 2.45) is 0 Å². The lowest BCUT2D eigenvalue weighted by atomic mass is 10.1. The van der Waals surface area contributed by atoms with E-state index in [0.29, 0.717) is 12.2 Å². The molecule has 0 aliphatic heterocycles. The number of hydrogen-bond acceptors (Lipinski definition) is 6. The molecule has 2 amide bonds. The minimum absolute atomic E-state index is 0.0131. The molecule has 0 spiro atoms. The van der Waals surface area contributed by atoms with Crippen molar-refractivity contribution in [3.63, 3.8) is 0 Å². The normalized spacial score (nSPS) is 11.8. The lowest BCUT2D eigenvalue weighted by Crippen LogP contribution is -2.51. The Balaban J connectivity index is 2.14. The van der Waals surface area contributed by atoms with Crippen molar-refractivity contribution in [1.29, 1.82) is 0 Å². The first-order valence-corrected chi connectivity index (χ1v) is 14.4. The summed E-state index contributed by atoms with van der Waals surface area (Å²) in [6.07, 6.45) is 0.338. The number of hydrogen-bond donors (Lipinski definition) is 1. The fraction of sp³-hybridized carbons (Fsp3) is 0.333. The van der Waals surface area contributed by atoms with E-state index in [1.54, 1.807) is 31.2 Å². The molecule has 0 saturated carbocycles. The zero-order valence-corrected chi connectivity index (χ0v) is 24.6. The third kappa shape index (κ3) is 6.93. The van der Waals surface area contributed by atoms with Gasteiger partial charge in [0.15, 0.2) is 0 Å². The van der Waals surface area contributed by atoms with E-state index in [2.05, 4.69) is 5.32 Å². The number of aryl methyl sites for hydroxylation is 2. The van der Waals surface area contributed by atoms with Crippen LogP contribution < -0.4 is 19.1 Å². The number of methoxy groups -OCH3 is 2. The van der Waals surface area contributed by atoms with Crippen molar-refractivity contribution in [2.45, 2.75) is 44.7 Å². The zero-order valence-electron chi connectivity index (χ0n) is 23.8. The molecule has 0 aliphatic rings. The number of amides is 2. The number of carbonyl (C=O) groups is 2. The van der Waals surface area contributed by atoms with Crippen molar-refractivity contribution in [3.05, 3.63) is 83.4 Å². The van der Waals surface area contributed by atoms with Gasteiger partial charge in [-0.25, -0.2) is 8.42 Å². The second-order valence-corrected chi connectivity index (χ2v) is 11.3. The van der Waals surface area contributed by atoms with Crippen molar-refractivity contribution in [3.8, 4) is 11.5 Å². The summed E-state index contributed by atoms with van der Waals surface area (Å²) < 4.78 is 40.0. The van der Waals surface area contributed by atoms with Crippen LogP contribution in [0.1, 0.15) is 30.0 Å². The van der Waals surface area contributed by atoms with E-state index in [-0.39, 0.29) is 28.8 Å². The monoisotopic (exact) mass is 567 g/mol. The van der Waals surface area contributed by atoms with E-state index in [9.17, 15) is 18.0 Å². The van der Waals surface area contributed by atoms with Gasteiger partial charge in [-0.2, -0.15) is 0 Å². The Kier molecular flexibility index (Phi) is 10.2. The maximum atomic E-state index is 14.1. The number of ether oxygens (including phenoxy) is 2. The van der Waals surface area contributed by atoms with Gasteiger partial charge < -0.3 is 19.7 Å². The fourth-order valence-corrected chi connectivity index (χ4v) is 5.74. The minimum atomic E-state index is -4.24. The summed E-state index contributed by atoms with van der Waals surface area (Å²) >= 11 is 0. The Morgan fingerprint density at radius 2 is 1.50 bits per heavy atom. The Morgan fingerprint density at radius 1 is 0.900 bits per heavy atom. The standard InChI is InChI=1S/C30H37N3O6S/c1-7-26(30(35)31-4)32(19-23-12-8-21(2)9-13-23)29(34)20-33(27-18-24(38-5)14-17-28(27)39-6)40(36,37)25-15-10-22(3)11-16-25/h8-18,26H,7,19-20H2,1-6H3,(H,31,35). The van der Waals surface area contributed by atoms with Gasteiger partial charge in [-0.15, -0.1) is 0 Å². The summed E-state index contributed by atoms with van der Waals surface area (Å²) in [5, 5.41) is 2.62. The SMILES string of the molecule is CCC(C(=O)NC)N(Cc1ccc(C)cc1)C(=O)CN(c1cc(OC)ccc1OC)S(=O)(=O)c1ccc(C)cc1. The summed E-state index contributed by atoms with van der Waals surface area (Å²) in [4.78, 5) is 28.4. The number of nitrogens with one attached hydrogen (secondary N) is 1. The molecule has 0 heterocycles. The van der Waals surface area contributed by atoms with Gasteiger partial charge in [0.1, 0.15) is 24.1 Å². The maximum absolute atomic E-state index is 14.1. The Labute approximate surface area is 236 Å². The topological polar surface area (TPSA) is 105 Å². The third-order valence-corrected chi connectivity index (χ3v) is 8.42. The molecule has 0 aromatic heterocycles. The highest BCUT2D eigenvalue weighted by Crippen LogP contribution is 2.36. The third-order valence-electron chi connectivity index (χ3n) is 6.65. The number of carbonyl (C=O) groups excluding carboxylic acids is 2. The van der Waals surface area contributed by atoms with Gasteiger partial charge in [-0.05, 0) is 50.1 Å². The quantitative estimate of drug-likeness (QED) is 0.354. The number of likely N-dealkylation sites (N-methyl/N-ethyl adjacent to an activating group) is 1. The summed E-state index contributed by atoms with van der Waals surface area (Å²) in [7, 11) is 0.154. The van der Waals surface area contributed by atoms with Crippen molar-refractivity contribution >= 4 is 27.5 Å². The van der Waals surface area contributed by atoms with Gasteiger partial charge in [0.2, 0.25) is 11.8 Å². The van der Waals surface area contributed by atoms with E-state index < -0.39 is 28.5 Å². The summed E-state index contributed by atoms with van der Waals surface area (Å²) in [6, 6.07) is 17.9. The van der Waals surface area contributed by atoms with Crippen LogP contribution in [-0.2, 0) is 26.2 Å². The van der Waals surface area contributed by atoms with E-state index in [1.165, 1.54) is 44.4 Å². The average Bonchev–Trinajstić information content (AvgIpc) is 2.96. The van der Waals surface area contributed by atoms with E-state index in [0.717, 1.165) is 21.0 Å². The van der Waals surface area contributed by atoms with E-state index in [4.69, 9.17) is 9.47 Å². The first-order valence-electron chi connectivity index (χ1n) is 12.9. The average molecular weight is 568 g/mol. The second-order valence-electron chi connectivity index (χ2n) is 9.41. The number of anilines is 1. The van der Waals surface area contributed by atoms with E-state index in [1.807, 2.05) is 38.1 Å². The van der Waals surface area contributed by atoms with Crippen LogP contribution in [0.5, 0.6) is 11.5 Å². The smallest absolute Gasteiger partial charge is 0.264 e. The van der Waals surface area contributed by atoms with Crippen LogP contribution in [0.4, 0.5) is 5.69 Å². The number of nitrogens with zero attached hydrogens (tertiary/aromatic N) is 2. The highest BCUT2D eigenvalue weighted by molar-refractivity contribution is 7.92. The molecule has 3 aromatic carbocycles. The fourth-order valence-electron chi connectivity index (χ4n) is 4.32. The highest BCUT2D eigenvalue weighted by atomic mass is 32.2. The lowest BCUT2D eigenvalue weighted by Gasteiger charge is -2.33. The molecule has 1 unspecified atom stereocenters. The predicted octanol–water partition coefficient (Wildman–Crippen LogP) is 4.07. The molecule has 3 rings (SSSR count). The lowest BCUT2D eigenvalue weighted by molar-refractivity contribution is -0.140. The minimum Gasteiger partial charge on any atom is -0.497 e. The van der Waals surface area contributed by atoms with Crippen LogP contribution in [0.25, 0.3) is 0 Å². The first kappa shape index (κ1) is 30.5. The van der Waals surface area contributed by atoms with Crippen LogP contribution in [0.2, 0.25) is 0 Å². The molecule has 214 valence electrons. The number of benzene rings is 3. The molecule has 0 aliphatic carbocycles. The van der Waals surface area contributed by atoms with Crippen LogP contribution in [0.15, 0.2) is 71.6 Å². The number of sulfonamides is 1.